The van der Waals surface area contributed by atoms with Gasteiger partial charge in [-0.05, 0) is 111 Å². The number of aromatic nitrogens is 1. The van der Waals surface area contributed by atoms with E-state index in [1.165, 1.54) is 22.7 Å². The summed E-state index contributed by atoms with van der Waals surface area (Å²) in [5.74, 6) is -0.192. The number of halogens is 5. The molecule has 1 aliphatic heterocycles. The van der Waals surface area contributed by atoms with Gasteiger partial charge in [0.05, 0.1) is 10.7 Å². The Hall–Kier alpha value is -1.81. The summed E-state index contributed by atoms with van der Waals surface area (Å²) >= 11 is 1.79. The highest BCUT2D eigenvalue weighted by molar-refractivity contribution is 7.11. The maximum Gasteiger partial charge on any atom is 0.321 e. The molecule has 1 aliphatic carbocycles. The van der Waals surface area contributed by atoms with Crippen LogP contribution in [0.1, 0.15) is 85.0 Å². The second-order valence-corrected chi connectivity index (χ2v) is 14.0. The van der Waals surface area contributed by atoms with Gasteiger partial charge in [-0.3, -0.25) is 9.69 Å². The number of thiazole rings is 1. The summed E-state index contributed by atoms with van der Waals surface area (Å²) in [5.41, 5.74) is 3.16. The molecule has 0 spiro atoms. The van der Waals surface area contributed by atoms with E-state index < -0.39 is 12.0 Å². The monoisotopic (exact) mass is 717 g/mol. The molecule has 2 aliphatic rings. The third-order valence-electron chi connectivity index (χ3n) is 9.65. The van der Waals surface area contributed by atoms with Gasteiger partial charge in [0.2, 0.25) is 0 Å². The minimum atomic E-state index is -0.779. The molecule has 1 aromatic heterocycles. The van der Waals surface area contributed by atoms with Crippen LogP contribution in [0.15, 0.2) is 48.5 Å². The zero-order valence-electron chi connectivity index (χ0n) is 27.0. The molecule has 11 heteroatoms. The molecule has 256 valence electrons. The quantitative estimate of drug-likeness (QED) is 0.215. The molecule has 5 nitrogen and oxygen atoms in total. The lowest BCUT2D eigenvalue weighted by Gasteiger charge is -2.35. The summed E-state index contributed by atoms with van der Waals surface area (Å²) in [6.45, 7) is 9.03. The molecular weight excluding hydrogens is 671 g/mol. The number of likely N-dealkylation sites (N-methyl/N-ethyl adjacent to an activating group) is 1. The van der Waals surface area contributed by atoms with Gasteiger partial charge in [0, 0.05) is 23.9 Å². The first kappa shape index (κ1) is 40.4. The van der Waals surface area contributed by atoms with E-state index in [-0.39, 0.29) is 66.7 Å². The van der Waals surface area contributed by atoms with E-state index in [1.54, 1.807) is 35.6 Å². The minimum Gasteiger partial charge on any atom is -0.480 e. The van der Waals surface area contributed by atoms with Crippen LogP contribution < -0.4 is 0 Å². The van der Waals surface area contributed by atoms with E-state index in [9.17, 15) is 18.7 Å². The standard InChI is InChI=1S/C35H45F2N3O2S.3ClH/c1-5-31-34(43-32(38-31)17-23-8-6-10-27(36)16-23)24-12-14-40(15-13-24)21-26-19-29(39(4)33(22(2)3)35(41)42)20-30(26)25-9-7-11-28(37)18-25;;;/h6-11,16,18,22,24,26,29-30,33H,5,12-15,17,19-21H2,1-4H3,(H,41,42);3*1H/t26?,29?,30?,33-;;;/m1.../s1. The Kier molecular flexibility index (Phi) is 15.9. The highest BCUT2D eigenvalue weighted by atomic mass is 35.5. The number of piperidine rings is 1. The molecule has 3 aromatic rings. The van der Waals surface area contributed by atoms with Crippen LogP contribution >= 0.6 is 48.6 Å². The highest BCUT2D eigenvalue weighted by Crippen LogP contribution is 2.44. The zero-order valence-corrected chi connectivity index (χ0v) is 30.3. The smallest absolute Gasteiger partial charge is 0.321 e. The van der Waals surface area contributed by atoms with Crippen LogP contribution in [0.2, 0.25) is 0 Å². The number of hydrogen-bond donors (Lipinski definition) is 1. The van der Waals surface area contributed by atoms with E-state index in [4.69, 9.17) is 4.98 Å². The molecule has 1 N–H and O–H groups in total. The topological polar surface area (TPSA) is 56.7 Å². The molecule has 5 rings (SSSR count). The zero-order chi connectivity index (χ0) is 30.7. The number of carboxylic acids is 1. The normalized spacial score (nSPS) is 21.0. The maximum absolute atomic E-state index is 14.3. The number of carbonyl (C=O) groups is 1. The van der Waals surface area contributed by atoms with Crippen molar-refractivity contribution < 1.29 is 18.7 Å². The number of aliphatic carboxylic acids is 1. The van der Waals surface area contributed by atoms with Crippen LogP contribution in [-0.2, 0) is 17.6 Å². The molecule has 4 atom stereocenters. The Labute approximate surface area is 295 Å². The first-order valence-electron chi connectivity index (χ1n) is 15.8. The number of benzene rings is 2. The van der Waals surface area contributed by atoms with Crippen LogP contribution in [0.4, 0.5) is 8.78 Å². The Morgan fingerprint density at radius 2 is 1.70 bits per heavy atom. The molecule has 0 bridgehead atoms. The van der Waals surface area contributed by atoms with Crippen molar-refractivity contribution in [3.63, 3.8) is 0 Å². The van der Waals surface area contributed by atoms with Crippen molar-refractivity contribution in [1.82, 2.24) is 14.8 Å². The molecule has 0 radical (unpaired) electrons. The molecule has 46 heavy (non-hydrogen) atoms. The number of hydrogen-bond acceptors (Lipinski definition) is 5. The second kappa shape index (κ2) is 18.1. The van der Waals surface area contributed by atoms with Crippen molar-refractivity contribution in [3.8, 4) is 0 Å². The first-order valence-corrected chi connectivity index (χ1v) is 16.6. The summed E-state index contributed by atoms with van der Waals surface area (Å²) in [4.78, 5) is 23.1. The maximum atomic E-state index is 14.3. The SMILES string of the molecule is CCc1nc(Cc2cccc(F)c2)sc1C1CCN(CC2CC(N(C)[C@@H](C(=O)O)C(C)C)CC2c2cccc(F)c2)CC1.Cl.Cl.Cl. The van der Waals surface area contributed by atoms with Gasteiger partial charge >= 0.3 is 5.97 Å². The first-order chi connectivity index (χ1) is 20.6. The second-order valence-electron chi connectivity index (χ2n) is 12.9. The van der Waals surface area contributed by atoms with Crippen LogP contribution in [0.3, 0.4) is 0 Å². The van der Waals surface area contributed by atoms with Crippen molar-refractivity contribution in [2.75, 3.05) is 26.7 Å². The molecule has 2 heterocycles. The molecule has 1 saturated heterocycles. The van der Waals surface area contributed by atoms with Crippen molar-refractivity contribution in [3.05, 3.63) is 86.9 Å². The van der Waals surface area contributed by atoms with Gasteiger partial charge in [0.15, 0.2) is 0 Å². The van der Waals surface area contributed by atoms with Gasteiger partial charge in [-0.2, -0.15) is 0 Å². The molecule has 1 saturated carbocycles. The summed E-state index contributed by atoms with van der Waals surface area (Å²) in [7, 11) is 1.95. The van der Waals surface area contributed by atoms with E-state index in [0.29, 0.717) is 18.3 Å². The van der Waals surface area contributed by atoms with Gasteiger partial charge < -0.3 is 10.0 Å². The number of rotatable bonds is 11. The summed E-state index contributed by atoms with van der Waals surface area (Å²) in [6.07, 6.45) is 5.45. The number of nitrogens with zero attached hydrogens (tertiary/aromatic N) is 3. The van der Waals surface area contributed by atoms with Crippen LogP contribution in [0.25, 0.3) is 0 Å². The average Bonchev–Trinajstić information content (AvgIpc) is 3.57. The molecular formula is C35H48Cl3F2N3O2S. The number of likely N-dealkylation sites (tertiary alicyclic amines) is 1. The molecule has 2 fully saturated rings. The molecule has 2 aromatic carbocycles. The number of carboxylic acid groups (broad SMARTS) is 1. The Morgan fingerprint density at radius 3 is 2.28 bits per heavy atom. The van der Waals surface area contributed by atoms with Gasteiger partial charge in [0.25, 0.3) is 0 Å². The van der Waals surface area contributed by atoms with Gasteiger partial charge in [-0.15, -0.1) is 48.6 Å². The van der Waals surface area contributed by atoms with E-state index in [1.807, 2.05) is 33.0 Å². The lowest BCUT2D eigenvalue weighted by molar-refractivity contribution is -0.145. The van der Waals surface area contributed by atoms with E-state index >= 15 is 0 Å². The summed E-state index contributed by atoms with van der Waals surface area (Å²) in [5, 5.41) is 11.0. The van der Waals surface area contributed by atoms with Crippen LogP contribution in [0.5, 0.6) is 0 Å². The van der Waals surface area contributed by atoms with Crippen molar-refractivity contribution in [2.45, 2.75) is 83.2 Å². The predicted octanol–water partition coefficient (Wildman–Crippen LogP) is 8.62. The fourth-order valence-electron chi connectivity index (χ4n) is 7.53. The van der Waals surface area contributed by atoms with E-state index in [2.05, 4.69) is 16.7 Å². The predicted molar refractivity (Wildman–Crippen MR) is 191 cm³/mol. The Bertz CT molecular complexity index is 1400. The van der Waals surface area contributed by atoms with Gasteiger partial charge in [-0.25, -0.2) is 13.8 Å². The summed E-state index contributed by atoms with van der Waals surface area (Å²) in [6, 6.07) is 13.4. The minimum absolute atomic E-state index is 0. The molecule has 3 unspecified atom stereocenters. The van der Waals surface area contributed by atoms with Gasteiger partial charge in [0.1, 0.15) is 17.7 Å². The lowest BCUT2D eigenvalue weighted by atomic mass is 9.87. The van der Waals surface area contributed by atoms with Crippen LogP contribution in [-0.4, -0.2) is 64.6 Å². The molecule has 0 amide bonds. The largest absolute Gasteiger partial charge is 0.480 e. The lowest BCUT2D eigenvalue weighted by Crippen LogP contribution is -2.47. The summed E-state index contributed by atoms with van der Waals surface area (Å²) < 4.78 is 28.0. The van der Waals surface area contributed by atoms with Gasteiger partial charge in [-0.1, -0.05) is 45.0 Å². The van der Waals surface area contributed by atoms with Crippen LogP contribution in [0, 0.1) is 23.5 Å². The van der Waals surface area contributed by atoms with Crippen molar-refractivity contribution in [1.29, 1.82) is 0 Å². The Balaban J connectivity index is 0.00000245. The Morgan fingerprint density at radius 1 is 1.04 bits per heavy atom. The van der Waals surface area contributed by atoms with Crippen molar-refractivity contribution >= 4 is 54.5 Å². The average molecular weight is 719 g/mol. The fraction of sp³-hybridized carbons (Fsp3) is 0.543. The number of aryl methyl sites for hydroxylation is 1. The third-order valence-corrected chi connectivity index (χ3v) is 10.9. The van der Waals surface area contributed by atoms with E-state index in [0.717, 1.165) is 67.9 Å². The van der Waals surface area contributed by atoms with Crippen molar-refractivity contribution in [2.24, 2.45) is 11.8 Å². The fourth-order valence-corrected chi connectivity index (χ4v) is 8.88. The third kappa shape index (κ3) is 9.64. The highest BCUT2D eigenvalue weighted by Gasteiger charge is 2.42.